The lowest BCUT2D eigenvalue weighted by Crippen LogP contribution is -2.53. The van der Waals surface area contributed by atoms with Crippen LogP contribution in [0.2, 0.25) is 0 Å². The highest BCUT2D eigenvalue weighted by Gasteiger charge is 2.37. The molecule has 4 rings (SSSR count). The summed E-state index contributed by atoms with van der Waals surface area (Å²) in [7, 11) is 0. The Bertz CT molecular complexity index is 866. The number of ether oxygens (including phenoxy) is 2. The lowest BCUT2D eigenvalue weighted by Gasteiger charge is -2.43. The van der Waals surface area contributed by atoms with Gasteiger partial charge < -0.3 is 19.5 Å². The first-order chi connectivity index (χ1) is 14.0. The maximum Gasteiger partial charge on any atom is 0.407 e. The molecule has 1 N–H and O–H groups in total. The van der Waals surface area contributed by atoms with E-state index in [2.05, 4.69) is 42.8 Å². The number of nitrogens with zero attached hydrogens (tertiary/aromatic N) is 2. The average molecular weight is 526 g/mol. The number of hydrogen-bond donors (Lipinski definition) is 1. The molecule has 8 heteroatoms. The highest BCUT2D eigenvalue weighted by atomic mass is 79.9. The molecule has 1 amide bonds. The lowest BCUT2D eigenvalue weighted by atomic mass is 9.95. The summed E-state index contributed by atoms with van der Waals surface area (Å²) in [4.78, 5) is 15.1. The summed E-state index contributed by atoms with van der Waals surface area (Å²) in [6.07, 6.45) is -0.996. The third-order valence-electron chi connectivity index (χ3n) is 5.36. The van der Waals surface area contributed by atoms with Crippen molar-refractivity contribution in [3.63, 3.8) is 0 Å². The zero-order valence-electron chi connectivity index (χ0n) is 15.8. The molecule has 2 aliphatic rings. The summed E-state index contributed by atoms with van der Waals surface area (Å²) in [5, 5.41) is 9.25. The fraction of sp³-hybridized carbons (Fsp3) is 0.381. The Hall–Kier alpha value is -1.61. The Kier molecular flexibility index (Phi) is 6.44. The number of benzene rings is 2. The van der Waals surface area contributed by atoms with Gasteiger partial charge >= 0.3 is 6.09 Å². The van der Waals surface area contributed by atoms with Crippen molar-refractivity contribution < 1.29 is 19.4 Å². The zero-order chi connectivity index (χ0) is 20.4. The van der Waals surface area contributed by atoms with Crippen LogP contribution in [0.1, 0.15) is 17.2 Å². The smallest absolute Gasteiger partial charge is 0.407 e. The minimum Gasteiger partial charge on any atom is -0.490 e. The Morgan fingerprint density at radius 2 is 1.79 bits per heavy atom. The molecule has 0 bridgehead atoms. The second-order valence-electron chi connectivity index (χ2n) is 7.23. The topological polar surface area (TPSA) is 62.2 Å². The van der Waals surface area contributed by atoms with Gasteiger partial charge in [0.15, 0.2) is 0 Å². The maximum absolute atomic E-state index is 11.3. The maximum atomic E-state index is 11.3. The molecule has 2 aromatic carbocycles. The van der Waals surface area contributed by atoms with E-state index in [1.54, 1.807) is 0 Å². The van der Waals surface area contributed by atoms with E-state index in [0.717, 1.165) is 25.8 Å². The molecule has 1 fully saturated rings. The first kappa shape index (κ1) is 20.7. The van der Waals surface area contributed by atoms with Crippen molar-refractivity contribution in [1.82, 2.24) is 9.80 Å². The molecule has 2 aliphatic heterocycles. The van der Waals surface area contributed by atoms with Gasteiger partial charge in [0.1, 0.15) is 18.5 Å². The van der Waals surface area contributed by atoms with Crippen LogP contribution in [0, 0.1) is 0 Å². The summed E-state index contributed by atoms with van der Waals surface area (Å²) in [6, 6.07) is 14.2. The third kappa shape index (κ3) is 4.77. The fourth-order valence-electron chi connectivity index (χ4n) is 3.98. The summed E-state index contributed by atoms with van der Waals surface area (Å²) >= 11 is 7.04. The van der Waals surface area contributed by atoms with E-state index in [0.29, 0.717) is 39.4 Å². The number of para-hydroxylation sites is 1. The summed E-state index contributed by atoms with van der Waals surface area (Å²) < 4.78 is 14.3. The molecule has 29 heavy (non-hydrogen) atoms. The van der Waals surface area contributed by atoms with E-state index in [1.165, 1.54) is 4.90 Å². The van der Waals surface area contributed by atoms with Crippen LogP contribution >= 0.6 is 31.9 Å². The van der Waals surface area contributed by atoms with Gasteiger partial charge in [0, 0.05) is 40.7 Å². The first-order valence-corrected chi connectivity index (χ1v) is 11.1. The number of hydrogen-bond acceptors (Lipinski definition) is 4. The second kappa shape index (κ2) is 9.04. The number of piperazine rings is 1. The van der Waals surface area contributed by atoms with E-state index >= 15 is 0 Å². The monoisotopic (exact) mass is 524 g/mol. The molecule has 154 valence electrons. The molecule has 2 unspecified atom stereocenters. The van der Waals surface area contributed by atoms with Gasteiger partial charge in [0.05, 0.1) is 12.6 Å². The van der Waals surface area contributed by atoms with Gasteiger partial charge in [0.25, 0.3) is 0 Å². The van der Waals surface area contributed by atoms with Crippen molar-refractivity contribution in [3.8, 4) is 5.75 Å². The van der Waals surface area contributed by atoms with Gasteiger partial charge in [-0.2, -0.15) is 0 Å². The standard InChI is InChI=1S/C21H22Br2N2O4/c22-15-9-14(10-16(23)11-15)12-28-19-13-29-18-4-2-1-3-17(18)20(19)24-5-7-25(8-6-24)21(26)27/h1-4,9-11,19-20H,5-8,12-13H2,(H,26,27). The van der Waals surface area contributed by atoms with Crippen molar-refractivity contribution in [1.29, 1.82) is 0 Å². The van der Waals surface area contributed by atoms with Gasteiger partial charge in [-0.15, -0.1) is 0 Å². The lowest BCUT2D eigenvalue weighted by molar-refractivity contribution is -0.0670. The normalized spacial score (nSPS) is 22.1. The second-order valence-corrected chi connectivity index (χ2v) is 9.06. The minimum absolute atomic E-state index is 0.0338. The van der Waals surface area contributed by atoms with Crippen LogP contribution in [-0.4, -0.2) is 59.9 Å². The van der Waals surface area contributed by atoms with Crippen LogP contribution in [0.3, 0.4) is 0 Å². The molecule has 0 aliphatic carbocycles. The average Bonchev–Trinajstić information content (AvgIpc) is 2.71. The number of rotatable bonds is 4. The molecule has 2 aromatic rings. The van der Waals surface area contributed by atoms with Crippen LogP contribution in [-0.2, 0) is 11.3 Å². The quantitative estimate of drug-likeness (QED) is 0.635. The molecule has 0 saturated carbocycles. The predicted molar refractivity (Wildman–Crippen MR) is 116 cm³/mol. The summed E-state index contributed by atoms with van der Waals surface area (Å²) in [5.41, 5.74) is 2.17. The Labute approximate surface area is 186 Å². The molecule has 0 aromatic heterocycles. The number of carbonyl (C=O) groups is 1. The van der Waals surface area contributed by atoms with E-state index < -0.39 is 6.09 Å². The number of amides is 1. The van der Waals surface area contributed by atoms with Crippen LogP contribution in [0.5, 0.6) is 5.75 Å². The SMILES string of the molecule is O=C(O)N1CCN(C2c3ccccc3OCC2OCc2cc(Br)cc(Br)c2)CC1. The first-order valence-electron chi connectivity index (χ1n) is 9.51. The van der Waals surface area contributed by atoms with Gasteiger partial charge in [-0.3, -0.25) is 4.90 Å². The molecule has 0 spiro atoms. The van der Waals surface area contributed by atoms with Crippen LogP contribution in [0.25, 0.3) is 0 Å². The molecular formula is C21H22Br2N2O4. The Morgan fingerprint density at radius 3 is 2.48 bits per heavy atom. The van der Waals surface area contributed by atoms with Crippen LogP contribution < -0.4 is 4.74 Å². The Morgan fingerprint density at radius 1 is 1.10 bits per heavy atom. The number of halogens is 2. The Balaban J connectivity index is 1.53. The third-order valence-corrected chi connectivity index (χ3v) is 6.27. The highest BCUT2D eigenvalue weighted by Crippen LogP contribution is 2.38. The van der Waals surface area contributed by atoms with Gasteiger partial charge in [-0.1, -0.05) is 50.1 Å². The van der Waals surface area contributed by atoms with Crippen molar-refractivity contribution in [2.45, 2.75) is 18.8 Å². The van der Waals surface area contributed by atoms with Crippen LogP contribution in [0.4, 0.5) is 4.79 Å². The molecule has 2 atom stereocenters. The van der Waals surface area contributed by atoms with Crippen molar-refractivity contribution in [3.05, 3.63) is 62.5 Å². The summed E-state index contributed by atoms with van der Waals surface area (Å²) in [6.45, 7) is 3.29. The fourth-order valence-corrected chi connectivity index (χ4v) is 5.37. The van der Waals surface area contributed by atoms with Crippen LogP contribution in [0.15, 0.2) is 51.4 Å². The molecule has 0 radical (unpaired) electrons. The van der Waals surface area contributed by atoms with Crippen molar-refractivity contribution in [2.75, 3.05) is 32.8 Å². The largest absolute Gasteiger partial charge is 0.490 e. The zero-order valence-corrected chi connectivity index (χ0v) is 18.9. The summed E-state index contributed by atoms with van der Waals surface area (Å²) in [5.74, 6) is 0.878. The van der Waals surface area contributed by atoms with E-state index in [-0.39, 0.29) is 12.1 Å². The van der Waals surface area contributed by atoms with Crippen molar-refractivity contribution in [2.24, 2.45) is 0 Å². The predicted octanol–water partition coefficient (Wildman–Crippen LogP) is 4.53. The molecular weight excluding hydrogens is 504 g/mol. The van der Waals surface area contributed by atoms with E-state index in [9.17, 15) is 9.90 Å². The van der Waals surface area contributed by atoms with Gasteiger partial charge in [0.2, 0.25) is 0 Å². The number of carboxylic acid groups (broad SMARTS) is 1. The molecule has 1 saturated heterocycles. The highest BCUT2D eigenvalue weighted by molar-refractivity contribution is 9.11. The minimum atomic E-state index is -0.856. The van der Waals surface area contributed by atoms with Gasteiger partial charge in [-0.05, 0) is 29.8 Å². The molecule has 2 heterocycles. The van der Waals surface area contributed by atoms with Crippen molar-refractivity contribution >= 4 is 38.0 Å². The molecule has 6 nitrogen and oxygen atoms in total. The number of fused-ring (bicyclic) bond motifs is 1. The van der Waals surface area contributed by atoms with E-state index in [1.807, 2.05) is 36.4 Å². The van der Waals surface area contributed by atoms with Gasteiger partial charge in [-0.25, -0.2) is 4.79 Å². The van der Waals surface area contributed by atoms with E-state index in [4.69, 9.17) is 9.47 Å².